The number of hydrogen-bond donors (Lipinski definition) is 0. The molecule has 0 aromatic heterocycles. The lowest BCUT2D eigenvalue weighted by atomic mass is 9.44. The van der Waals surface area contributed by atoms with Crippen LogP contribution in [0.2, 0.25) is 0 Å². The Bertz CT molecular complexity index is 543. The number of rotatable bonds is 2. The van der Waals surface area contributed by atoms with E-state index in [0.29, 0.717) is 29.8 Å². The van der Waals surface area contributed by atoms with E-state index in [2.05, 4.69) is 13.8 Å². The Balaban J connectivity index is 1.63. The summed E-state index contributed by atoms with van der Waals surface area (Å²) in [5.41, 5.74) is 0.530. The first-order chi connectivity index (χ1) is 11.4. The monoisotopic (exact) mass is 332 g/mol. The molecular formula is C21H32O3. The number of aldehydes is 1. The number of Topliss-reactive ketones (excluding diaryl/α,β-unsaturated/α-hetero) is 1. The van der Waals surface area contributed by atoms with Crippen molar-refractivity contribution < 1.29 is 14.3 Å². The zero-order valence-electron chi connectivity index (χ0n) is 15.4. The number of ketones is 1. The second-order valence-electron chi connectivity index (χ2n) is 9.62. The van der Waals surface area contributed by atoms with Crippen LogP contribution in [0.3, 0.4) is 0 Å². The second-order valence-corrected chi connectivity index (χ2v) is 9.62. The Hall–Kier alpha value is -0.700. The van der Waals surface area contributed by atoms with Crippen molar-refractivity contribution >= 4 is 12.1 Å². The van der Waals surface area contributed by atoms with E-state index in [1.54, 1.807) is 0 Å². The number of hydrogen-bond acceptors (Lipinski definition) is 3. The predicted molar refractivity (Wildman–Crippen MR) is 92.5 cm³/mol. The molecule has 0 aliphatic heterocycles. The van der Waals surface area contributed by atoms with Gasteiger partial charge in [0, 0.05) is 13.5 Å². The van der Waals surface area contributed by atoms with Crippen molar-refractivity contribution in [3.05, 3.63) is 0 Å². The maximum atomic E-state index is 12.3. The van der Waals surface area contributed by atoms with Gasteiger partial charge in [-0.2, -0.15) is 0 Å². The molecule has 4 fully saturated rings. The molecule has 3 unspecified atom stereocenters. The van der Waals surface area contributed by atoms with Gasteiger partial charge in [0.1, 0.15) is 12.1 Å². The first-order valence-corrected chi connectivity index (χ1v) is 9.95. The molecule has 4 aliphatic rings. The van der Waals surface area contributed by atoms with Crippen molar-refractivity contribution in [2.75, 3.05) is 7.11 Å². The molecule has 0 saturated heterocycles. The maximum Gasteiger partial charge on any atom is 0.143 e. The summed E-state index contributed by atoms with van der Waals surface area (Å²) >= 11 is 0. The highest BCUT2D eigenvalue weighted by Crippen LogP contribution is 2.66. The second kappa shape index (κ2) is 5.65. The molecule has 0 bridgehead atoms. The van der Waals surface area contributed by atoms with Gasteiger partial charge in [0.25, 0.3) is 0 Å². The molecule has 4 aliphatic carbocycles. The number of fused-ring (bicyclic) bond motifs is 5. The Morgan fingerprint density at radius 1 is 1.04 bits per heavy atom. The Labute approximate surface area is 145 Å². The summed E-state index contributed by atoms with van der Waals surface area (Å²) in [5.74, 6) is 2.60. The first-order valence-electron chi connectivity index (χ1n) is 9.95. The molecule has 24 heavy (non-hydrogen) atoms. The fourth-order valence-corrected chi connectivity index (χ4v) is 7.63. The number of carbonyl (C=O) groups is 2. The van der Waals surface area contributed by atoms with E-state index in [1.807, 2.05) is 7.11 Å². The van der Waals surface area contributed by atoms with Crippen molar-refractivity contribution in [1.29, 1.82) is 0 Å². The summed E-state index contributed by atoms with van der Waals surface area (Å²) < 4.78 is 5.85. The van der Waals surface area contributed by atoms with E-state index in [9.17, 15) is 9.59 Å². The van der Waals surface area contributed by atoms with Gasteiger partial charge in [-0.25, -0.2) is 0 Å². The summed E-state index contributed by atoms with van der Waals surface area (Å²) in [5, 5.41) is 0. The van der Waals surface area contributed by atoms with Crippen LogP contribution in [0.4, 0.5) is 0 Å². The van der Waals surface area contributed by atoms with Crippen LogP contribution < -0.4 is 0 Å². The summed E-state index contributed by atoms with van der Waals surface area (Å²) in [6, 6.07) is 0. The van der Waals surface area contributed by atoms with Gasteiger partial charge in [-0.05, 0) is 79.4 Å². The minimum atomic E-state index is -0.339. The molecule has 0 aromatic rings. The standard InChI is InChI=1S/C21H32O3/c1-20-9-8-17-15(16(20)6-7-19(20)24-3)5-4-14-10-18(23)13(12-22)11-21(14,17)2/h12-17,19H,4-11H2,1-3H3/t13?,14?,15-,16-,17+,19?,20-,21-/m0/s1. The van der Waals surface area contributed by atoms with Crippen molar-refractivity contribution in [1.82, 2.24) is 0 Å². The lowest BCUT2D eigenvalue weighted by molar-refractivity contribution is -0.152. The van der Waals surface area contributed by atoms with Crippen LogP contribution in [-0.4, -0.2) is 25.3 Å². The molecule has 3 nitrogen and oxygen atoms in total. The molecule has 4 saturated carbocycles. The number of ether oxygens (including phenoxy) is 1. The minimum Gasteiger partial charge on any atom is -0.381 e. The molecule has 8 atom stereocenters. The normalized spacial score (nSPS) is 53.9. The summed E-state index contributed by atoms with van der Waals surface area (Å²) in [6.45, 7) is 4.87. The van der Waals surface area contributed by atoms with Gasteiger partial charge >= 0.3 is 0 Å². The molecule has 0 aromatic carbocycles. The van der Waals surface area contributed by atoms with Crippen LogP contribution in [0.5, 0.6) is 0 Å². The molecule has 0 radical (unpaired) electrons. The molecule has 0 spiro atoms. The fraction of sp³-hybridized carbons (Fsp3) is 0.905. The predicted octanol–water partition coefficient (Wildman–Crippen LogP) is 4.04. The molecule has 4 rings (SSSR count). The summed E-state index contributed by atoms with van der Waals surface area (Å²) in [7, 11) is 1.88. The molecule has 134 valence electrons. The van der Waals surface area contributed by atoms with E-state index in [1.165, 1.54) is 38.5 Å². The third-order valence-electron chi connectivity index (χ3n) is 8.95. The lowest BCUT2D eigenvalue weighted by Crippen LogP contribution is -2.55. The van der Waals surface area contributed by atoms with Crippen LogP contribution in [0.15, 0.2) is 0 Å². The maximum absolute atomic E-state index is 12.3. The van der Waals surface area contributed by atoms with Crippen molar-refractivity contribution in [3.8, 4) is 0 Å². The van der Waals surface area contributed by atoms with Gasteiger partial charge < -0.3 is 9.53 Å². The smallest absolute Gasteiger partial charge is 0.143 e. The van der Waals surface area contributed by atoms with Crippen molar-refractivity contribution in [2.24, 2.45) is 40.4 Å². The number of carbonyl (C=O) groups excluding carboxylic acids is 2. The van der Waals surface area contributed by atoms with Gasteiger partial charge in [-0.15, -0.1) is 0 Å². The summed E-state index contributed by atoms with van der Waals surface area (Å²) in [4.78, 5) is 23.7. The molecule has 3 heteroatoms. The van der Waals surface area contributed by atoms with Crippen molar-refractivity contribution in [2.45, 2.75) is 71.3 Å². The van der Waals surface area contributed by atoms with Gasteiger partial charge in [0.15, 0.2) is 0 Å². The van der Waals surface area contributed by atoms with E-state index in [0.717, 1.165) is 24.5 Å². The van der Waals surface area contributed by atoms with E-state index < -0.39 is 0 Å². The van der Waals surface area contributed by atoms with E-state index in [4.69, 9.17) is 4.74 Å². The Kier molecular flexibility index (Phi) is 3.95. The van der Waals surface area contributed by atoms with Crippen LogP contribution in [0.1, 0.15) is 65.2 Å². The quantitative estimate of drug-likeness (QED) is 0.566. The number of methoxy groups -OCH3 is 1. The third kappa shape index (κ3) is 2.12. The third-order valence-corrected chi connectivity index (χ3v) is 8.95. The average molecular weight is 332 g/mol. The first kappa shape index (κ1) is 16.8. The molecular weight excluding hydrogens is 300 g/mol. The van der Waals surface area contributed by atoms with Gasteiger partial charge in [-0.3, -0.25) is 4.79 Å². The minimum absolute atomic E-state index is 0.189. The largest absolute Gasteiger partial charge is 0.381 e. The highest BCUT2D eigenvalue weighted by molar-refractivity contribution is 5.94. The molecule has 0 N–H and O–H groups in total. The van der Waals surface area contributed by atoms with E-state index >= 15 is 0 Å². The van der Waals surface area contributed by atoms with Gasteiger partial charge in [0.05, 0.1) is 12.0 Å². The van der Waals surface area contributed by atoms with Gasteiger partial charge in [0.2, 0.25) is 0 Å². The highest BCUT2D eigenvalue weighted by atomic mass is 16.5. The Morgan fingerprint density at radius 2 is 1.79 bits per heavy atom. The van der Waals surface area contributed by atoms with Gasteiger partial charge in [-0.1, -0.05) is 13.8 Å². The summed E-state index contributed by atoms with van der Waals surface area (Å²) in [6.07, 6.45) is 10.3. The fourth-order valence-electron chi connectivity index (χ4n) is 7.63. The molecule has 0 amide bonds. The average Bonchev–Trinajstić information content (AvgIpc) is 2.91. The topological polar surface area (TPSA) is 43.4 Å². The van der Waals surface area contributed by atoms with Crippen molar-refractivity contribution in [3.63, 3.8) is 0 Å². The van der Waals surface area contributed by atoms with Crippen LogP contribution in [0, 0.1) is 40.4 Å². The highest BCUT2D eigenvalue weighted by Gasteiger charge is 2.61. The van der Waals surface area contributed by atoms with Crippen LogP contribution in [0.25, 0.3) is 0 Å². The Morgan fingerprint density at radius 3 is 2.50 bits per heavy atom. The lowest BCUT2D eigenvalue weighted by Gasteiger charge is -2.60. The van der Waals surface area contributed by atoms with E-state index in [-0.39, 0.29) is 17.1 Å². The van der Waals surface area contributed by atoms with Crippen LogP contribution in [-0.2, 0) is 14.3 Å². The zero-order chi connectivity index (χ0) is 17.1. The van der Waals surface area contributed by atoms with Crippen LogP contribution >= 0.6 is 0 Å². The molecule has 0 heterocycles. The zero-order valence-corrected chi connectivity index (χ0v) is 15.4. The SMILES string of the molecule is COC1CC[C@H]2[C@@H]3CCC4CC(=O)C(C=O)C[C@]4(C)[C@@H]3CC[C@]12C.